The summed E-state index contributed by atoms with van der Waals surface area (Å²) in [7, 11) is 1.91. The minimum atomic E-state index is -0.277. The van der Waals surface area contributed by atoms with Gasteiger partial charge in [0, 0.05) is 53.3 Å². The first kappa shape index (κ1) is 22.9. The number of benzene rings is 1. The van der Waals surface area contributed by atoms with E-state index in [9.17, 15) is 0 Å². The number of rotatable bonds is 5. The van der Waals surface area contributed by atoms with E-state index in [0.29, 0.717) is 11.5 Å². The molecule has 2 atom stereocenters. The maximum Gasteiger partial charge on any atom is 0.135 e. The van der Waals surface area contributed by atoms with E-state index in [4.69, 9.17) is 17.2 Å². The van der Waals surface area contributed by atoms with Crippen LogP contribution in [0.5, 0.6) is 0 Å². The van der Waals surface area contributed by atoms with Crippen LogP contribution in [0.25, 0.3) is 16.6 Å². The van der Waals surface area contributed by atoms with Crippen molar-refractivity contribution >= 4 is 28.4 Å². The third-order valence-electron chi connectivity index (χ3n) is 7.71. The summed E-state index contributed by atoms with van der Waals surface area (Å²) < 4.78 is 3.66. The molecule has 1 aliphatic carbocycles. The minimum Gasteiger partial charge on any atom is -0.399 e. The fourth-order valence-corrected chi connectivity index (χ4v) is 4.83. The maximum atomic E-state index is 6.68. The van der Waals surface area contributed by atoms with Crippen LogP contribution in [0, 0.1) is 5.41 Å². The van der Waals surface area contributed by atoms with E-state index < -0.39 is 0 Å². The number of aliphatic imine (C=N–C) groups is 1. The largest absolute Gasteiger partial charge is 0.399 e. The fraction of sp³-hybridized carbons (Fsp3) is 0.346. The highest BCUT2D eigenvalue weighted by Gasteiger charge is 2.49. The van der Waals surface area contributed by atoms with Crippen molar-refractivity contribution in [2.45, 2.75) is 45.2 Å². The zero-order chi connectivity index (χ0) is 25.0. The van der Waals surface area contributed by atoms with Crippen LogP contribution in [-0.4, -0.2) is 36.8 Å². The topological polar surface area (TPSA) is 138 Å². The first-order valence-corrected chi connectivity index (χ1v) is 11.8. The normalized spacial score (nSPS) is 22.1. The average Bonchev–Trinajstić information content (AvgIpc) is 3.48. The number of hydrogen-bond acceptors (Lipinski definition) is 6. The van der Waals surface area contributed by atoms with E-state index in [1.807, 2.05) is 54.4 Å². The quantitative estimate of drug-likeness (QED) is 0.199. The summed E-state index contributed by atoms with van der Waals surface area (Å²) in [5.74, 6) is 0.378. The fourth-order valence-electron chi connectivity index (χ4n) is 4.83. The average molecular weight is 472 g/mol. The summed E-state index contributed by atoms with van der Waals surface area (Å²) >= 11 is 0. The molecule has 0 radical (unpaired) electrons. The molecule has 0 spiro atoms. The zero-order valence-corrected chi connectivity index (χ0v) is 20.7. The van der Waals surface area contributed by atoms with Crippen LogP contribution < -0.4 is 22.5 Å². The lowest BCUT2D eigenvalue weighted by molar-refractivity contribution is 0.215. The van der Waals surface area contributed by atoms with Crippen LogP contribution in [0.15, 0.2) is 60.1 Å². The Bertz CT molecular complexity index is 1410. The van der Waals surface area contributed by atoms with Gasteiger partial charge in [0.2, 0.25) is 0 Å². The second-order valence-electron chi connectivity index (χ2n) is 10.4. The molecular formula is C26H33N9. The van der Waals surface area contributed by atoms with Crippen molar-refractivity contribution in [3.63, 3.8) is 0 Å². The SMILES string of the molecule is Cn1cc(-c2cc3c(NC4CC[C@](C)(N)C4(C)C)c(C(N)=Nc4ccc(N)cc4)cnn3c2)cn1. The second kappa shape index (κ2) is 8.13. The number of fused-ring (bicyclic) bond motifs is 1. The predicted molar refractivity (Wildman–Crippen MR) is 142 cm³/mol. The minimum absolute atomic E-state index is 0.133. The predicted octanol–water partition coefficient (Wildman–Crippen LogP) is 3.67. The van der Waals surface area contributed by atoms with Crippen LogP contribution in [0.1, 0.15) is 39.2 Å². The van der Waals surface area contributed by atoms with Gasteiger partial charge in [-0.2, -0.15) is 10.2 Å². The highest BCUT2D eigenvalue weighted by molar-refractivity contribution is 6.06. The number of nitrogens with zero attached hydrogens (tertiary/aromatic N) is 5. The molecule has 5 rings (SSSR count). The van der Waals surface area contributed by atoms with Crippen molar-refractivity contribution in [2.75, 3.05) is 11.1 Å². The third-order valence-corrected chi connectivity index (χ3v) is 7.71. The summed E-state index contributed by atoms with van der Waals surface area (Å²) in [6.45, 7) is 6.58. The molecule has 7 N–H and O–H groups in total. The number of amidine groups is 1. The molecule has 35 heavy (non-hydrogen) atoms. The van der Waals surface area contributed by atoms with E-state index in [1.165, 1.54) is 0 Å². The first-order valence-electron chi connectivity index (χ1n) is 11.8. The molecule has 3 aromatic heterocycles. The van der Waals surface area contributed by atoms with Gasteiger partial charge in [-0.1, -0.05) is 13.8 Å². The number of nitrogens with one attached hydrogen (secondary N) is 1. The molecule has 1 aliphatic rings. The standard InChI is InChI=1S/C26H33N9/c1-25(2)22(9-10-26(25,3)29)33-23-20(24(28)32-19-7-5-18(27)6-8-19)13-31-35-15-16(11-21(23)35)17-12-30-34(4)14-17/h5-8,11-15,22,33H,9-10,27,29H2,1-4H3,(H2,28,32)/t22?,26-/m0/s1. The Labute approximate surface area is 205 Å². The first-order chi connectivity index (χ1) is 16.5. The van der Waals surface area contributed by atoms with Gasteiger partial charge >= 0.3 is 0 Å². The van der Waals surface area contributed by atoms with Crippen molar-refractivity contribution in [1.82, 2.24) is 19.4 Å². The monoisotopic (exact) mass is 471 g/mol. The maximum absolute atomic E-state index is 6.68. The van der Waals surface area contributed by atoms with Gasteiger partial charge in [-0.25, -0.2) is 9.51 Å². The molecule has 1 fully saturated rings. The van der Waals surface area contributed by atoms with Crippen molar-refractivity contribution in [2.24, 2.45) is 28.9 Å². The van der Waals surface area contributed by atoms with Crippen molar-refractivity contribution < 1.29 is 0 Å². The van der Waals surface area contributed by atoms with E-state index >= 15 is 0 Å². The highest BCUT2D eigenvalue weighted by atomic mass is 15.2. The summed E-state index contributed by atoms with van der Waals surface area (Å²) in [6, 6.07) is 9.57. The molecule has 4 aromatic rings. The van der Waals surface area contributed by atoms with Crippen LogP contribution in [-0.2, 0) is 7.05 Å². The molecule has 0 bridgehead atoms. The number of nitrogens with two attached hydrogens (primary N) is 3. The molecule has 9 heteroatoms. The van der Waals surface area contributed by atoms with Gasteiger partial charge < -0.3 is 22.5 Å². The van der Waals surface area contributed by atoms with Crippen molar-refractivity contribution in [3.05, 3.63) is 60.7 Å². The van der Waals surface area contributed by atoms with Crippen molar-refractivity contribution in [3.8, 4) is 11.1 Å². The Balaban J connectivity index is 1.63. The smallest absolute Gasteiger partial charge is 0.135 e. The molecule has 0 aliphatic heterocycles. The van der Waals surface area contributed by atoms with Gasteiger partial charge in [0.25, 0.3) is 0 Å². The summed E-state index contributed by atoms with van der Waals surface area (Å²) in [5, 5.41) is 12.8. The zero-order valence-electron chi connectivity index (χ0n) is 20.7. The molecule has 1 saturated carbocycles. The number of aryl methyl sites for hydroxylation is 1. The lowest BCUT2D eigenvalue weighted by Crippen LogP contribution is -2.51. The highest BCUT2D eigenvalue weighted by Crippen LogP contribution is 2.46. The molecule has 0 amide bonds. The molecule has 1 unspecified atom stereocenters. The Morgan fingerprint density at radius 1 is 1.09 bits per heavy atom. The number of nitrogen functional groups attached to an aromatic ring is 1. The second-order valence-corrected chi connectivity index (χ2v) is 10.4. The lowest BCUT2D eigenvalue weighted by atomic mass is 9.75. The summed E-state index contributed by atoms with van der Waals surface area (Å²) in [4.78, 5) is 4.66. The molecule has 182 valence electrons. The van der Waals surface area contributed by atoms with E-state index in [-0.39, 0.29) is 17.0 Å². The van der Waals surface area contributed by atoms with Gasteiger partial charge in [0.05, 0.1) is 34.8 Å². The van der Waals surface area contributed by atoms with Gasteiger partial charge in [0.1, 0.15) is 5.84 Å². The van der Waals surface area contributed by atoms with Crippen LogP contribution in [0.2, 0.25) is 0 Å². The van der Waals surface area contributed by atoms with E-state index in [1.54, 1.807) is 10.9 Å². The molecular weight excluding hydrogens is 438 g/mol. The molecule has 1 aromatic carbocycles. The molecule has 3 heterocycles. The van der Waals surface area contributed by atoms with Gasteiger partial charge in [-0.15, -0.1) is 0 Å². The summed E-state index contributed by atoms with van der Waals surface area (Å²) in [6.07, 6.45) is 9.49. The Morgan fingerprint density at radius 3 is 2.46 bits per heavy atom. The molecule has 0 saturated heterocycles. The Morgan fingerprint density at radius 2 is 1.83 bits per heavy atom. The van der Waals surface area contributed by atoms with Gasteiger partial charge in [-0.3, -0.25) is 4.68 Å². The number of aromatic nitrogens is 4. The van der Waals surface area contributed by atoms with E-state index in [0.717, 1.165) is 46.4 Å². The van der Waals surface area contributed by atoms with Gasteiger partial charge in [-0.05, 0) is 50.1 Å². The van der Waals surface area contributed by atoms with Crippen LogP contribution in [0.4, 0.5) is 17.1 Å². The van der Waals surface area contributed by atoms with Crippen LogP contribution >= 0.6 is 0 Å². The number of anilines is 2. The Kier molecular flexibility index (Phi) is 5.32. The van der Waals surface area contributed by atoms with Crippen LogP contribution in [0.3, 0.4) is 0 Å². The van der Waals surface area contributed by atoms with Gasteiger partial charge in [0.15, 0.2) is 0 Å². The van der Waals surface area contributed by atoms with E-state index in [2.05, 4.69) is 47.3 Å². The number of hydrogen-bond donors (Lipinski definition) is 4. The Hall–Kier alpha value is -3.85. The third kappa shape index (κ3) is 4.01. The molecule has 9 nitrogen and oxygen atoms in total. The lowest BCUT2D eigenvalue weighted by Gasteiger charge is -2.39. The summed E-state index contributed by atoms with van der Waals surface area (Å²) in [5.41, 5.74) is 24.7. The van der Waals surface area contributed by atoms with Crippen molar-refractivity contribution in [1.29, 1.82) is 0 Å².